The average molecular weight is 235 g/mol. The van der Waals surface area contributed by atoms with Gasteiger partial charge in [0.05, 0.1) is 10.9 Å². The molecule has 0 saturated heterocycles. The summed E-state index contributed by atoms with van der Waals surface area (Å²) in [5.74, 6) is -1.11. The van der Waals surface area contributed by atoms with Crippen LogP contribution in [0.25, 0.3) is 11.0 Å². The van der Waals surface area contributed by atoms with Crippen molar-refractivity contribution < 1.29 is 9.90 Å². The Bertz CT molecular complexity index is 639. The minimum atomic E-state index is -1.11. The number of aromatic amines is 1. The number of pyridine rings is 1. The van der Waals surface area contributed by atoms with Crippen molar-refractivity contribution in [2.24, 2.45) is 0 Å². The van der Waals surface area contributed by atoms with E-state index >= 15 is 0 Å². The van der Waals surface area contributed by atoms with E-state index in [9.17, 15) is 9.59 Å². The predicted molar refractivity (Wildman–Crippen MR) is 62.3 cm³/mol. The van der Waals surface area contributed by atoms with E-state index in [4.69, 9.17) is 5.11 Å². The molecule has 2 aromatic rings. The number of H-pyrrole nitrogens is 1. The third-order valence-electron chi connectivity index (χ3n) is 2.66. The highest BCUT2D eigenvalue weighted by Gasteiger charge is 2.16. The van der Waals surface area contributed by atoms with Crippen LogP contribution < -0.4 is 5.56 Å². The fraction of sp³-hybridized carbons (Fsp3) is 0.364. The zero-order valence-electron chi connectivity index (χ0n) is 9.65. The summed E-state index contributed by atoms with van der Waals surface area (Å²) in [5.41, 5.74) is 0.649. The van der Waals surface area contributed by atoms with Gasteiger partial charge in [0.2, 0.25) is 5.56 Å². The van der Waals surface area contributed by atoms with E-state index in [0.717, 1.165) is 18.2 Å². The molecule has 0 fully saturated rings. The first-order valence-corrected chi connectivity index (χ1v) is 5.38. The molecule has 0 aromatic carbocycles. The second-order valence-corrected chi connectivity index (χ2v) is 3.88. The Morgan fingerprint density at radius 1 is 1.59 bits per heavy atom. The normalized spacial score (nSPS) is 10.9. The van der Waals surface area contributed by atoms with Gasteiger partial charge in [0, 0.05) is 18.3 Å². The molecule has 0 bridgehead atoms. The van der Waals surface area contributed by atoms with E-state index in [0.29, 0.717) is 17.6 Å². The molecule has 0 aliphatic rings. The topological polar surface area (TPSA) is 88.0 Å². The summed E-state index contributed by atoms with van der Waals surface area (Å²) >= 11 is 0. The third-order valence-corrected chi connectivity index (χ3v) is 2.66. The summed E-state index contributed by atoms with van der Waals surface area (Å²) in [6, 6.07) is 1.09. The minimum Gasteiger partial charge on any atom is -0.478 e. The summed E-state index contributed by atoms with van der Waals surface area (Å²) < 4.78 is 1.72. The lowest BCUT2D eigenvalue weighted by molar-refractivity contribution is 0.0698. The molecule has 0 amide bonds. The van der Waals surface area contributed by atoms with Crippen molar-refractivity contribution in [3.8, 4) is 0 Å². The maximum atomic E-state index is 11.3. The lowest BCUT2D eigenvalue weighted by Gasteiger charge is -2.00. The minimum absolute atomic E-state index is 0.00334. The quantitative estimate of drug-likeness (QED) is 0.835. The second-order valence-electron chi connectivity index (χ2n) is 3.88. The highest BCUT2D eigenvalue weighted by molar-refractivity contribution is 6.02. The van der Waals surface area contributed by atoms with Crippen LogP contribution in [0.1, 0.15) is 29.4 Å². The Labute approximate surface area is 96.9 Å². The zero-order valence-corrected chi connectivity index (χ0v) is 9.65. The molecule has 17 heavy (non-hydrogen) atoms. The van der Waals surface area contributed by atoms with E-state index in [2.05, 4.69) is 10.1 Å². The standard InChI is InChI=1S/C11H13N3O3/c1-3-4-14-6(2)9-7(11(16)17)5-8(15)12-10(9)13-14/h5H,3-4H2,1-2H3,(H,16,17)(H,12,13,15). The Morgan fingerprint density at radius 2 is 2.29 bits per heavy atom. The Balaban J connectivity index is 2.82. The molecule has 0 unspecified atom stereocenters. The molecule has 2 heterocycles. The number of aromatic carboxylic acids is 1. The summed E-state index contributed by atoms with van der Waals surface area (Å²) in [6.45, 7) is 4.50. The van der Waals surface area contributed by atoms with Gasteiger partial charge in [0.25, 0.3) is 0 Å². The number of carboxylic acid groups (broad SMARTS) is 1. The van der Waals surface area contributed by atoms with E-state index in [-0.39, 0.29) is 5.56 Å². The van der Waals surface area contributed by atoms with E-state index in [1.807, 2.05) is 6.92 Å². The number of aryl methyl sites for hydroxylation is 2. The van der Waals surface area contributed by atoms with Crippen LogP contribution in [0.2, 0.25) is 0 Å². The van der Waals surface area contributed by atoms with Gasteiger partial charge in [-0.3, -0.25) is 9.48 Å². The van der Waals surface area contributed by atoms with Crippen molar-refractivity contribution in [3.63, 3.8) is 0 Å². The average Bonchev–Trinajstić information content (AvgIpc) is 2.55. The summed E-state index contributed by atoms with van der Waals surface area (Å²) in [6.07, 6.45) is 0.890. The van der Waals surface area contributed by atoms with Crippen LogP contribution in [0, 0.1) is 6.92 Å². The predicted octanol–water partition coefficient (Wildman–Crippen LogP) is 1.14. The van der Waals surface area contributed by atoms with Gasteiger partial charge in [-0.05, 0) is 13.3 Å². The Morgan fingerprint density at radius 3 is 2.88 bits per heavy atom. The SMILES string of the molecule is CCCn1nc2[nH]c(=O)cc(C(=O)O)c2c1C. The molecular formula is C11H13N3O3. The lowest BCUT2D eigenvalue weighted by atomic mass is 10.1. The smallest absolute Gasteiger partial charge is 0.336 e. The number of carboxylic acids is 1. The second kappa shape index (κ2) is 4.04. The first-order valence-electron chi connectivity index (χ1n) is 5.38. The van der Waals surface area contributed by atoms with Crippen molar-refractivity contribution in [1.29, 1.82) is 0 Å². The van der Waals surface area contributed by atoms with Crippen molar-refractivity contribution in [2.75, 3.05) is 0 Å². The number of rotatable bonds is 3. The molecule has 0 spiro atoms. The molecule has 6 nitrogen and oxygen atoms in total. The highest BCUT2D eigenvalue weighted by atomic mass is 16.4. The molecule has 2 N–H and O–H groups in total. The van der Waals surface area contributed by atoms with Crippen LogP contribution in [-0.2, 0) is 6.54 Å². The molecule has 0 radical (unpaired) electrons. The number of hydrogen-bond acceptors (Lipinski definition) is 3. The Kier molecular flexibility index (Phi) is 2.71. The summed E-state index contributed by atoms with van der Waals surface area (Å²) in [4.78, 5) is 25.0. The number of hydrogen-bond donors (Lipinski definition) is 2. The van der Waals surface area contributed by atoms with Crippen molar-refractivity contribution in [1.82, 2.24) is 14.8 Å². The van der Waals surface area contributed by atoms with Crippen molar-refractivity contribution in [3.05, 3.63) is 27.7 Å². The van der Waals surface area contributed by atoms with Crippen LogP contribution in [0.15, 0.2) is 10.9 Å². The van der Waals surface area contributed by atoms with E-state index < -0.39 is 11.5 Å². The molecule has 2 aromatic heterocycles. The van der Waals surface area contributed by atoms with Gasteiger partial charge in [0.15, 0.2) is 5.65 Å². The van der Waals surface area contributed by atoms with Gasteiger partial charge in [-0.25, -0.2) is 4.79 Å². The highest BCUT2D eigenvalue weighted by Crippen LogP contribution is 2.19. The number of carbonyl (C=O) groups is 1. The van der Waals surface area contributed by atoms with Gasteiger partial charge in [-0.15, -0.1) is 0 Å². The van der Waals surface area contributed by atoms with Crippen molar-refractivity contribution in [2.45, 2.75) is 26.8 Å². The number of fused-ring (bicyclic) bond motifs is 1. The van der Waals surface area contributed by atoms with Crippen LogP contribution in [0.5, 0.6) is 0 Å². The van der Waals surface area contributed by atoms with Crippen molar-refractivity contribution >= 4 is 17.0 Å². The molecule has 0 aliphatic carbocycles. The van der Waals surface area contributed by atoms with Crippen LogP contribution in [-0.4, -0.2) is 25.8 Å². The maximum absolute atomic E-state index is 11.3. The monoisotopic (exact) mass is 235 g/mol. The maximum Gasteiger partial charge on any atom is 0.336 e. The Hall–Kier alpha value is -2.11. The first kappa shape index (κ1) is 11.4. The van der Waals surface area contributed by atoms with Crippen LogP contribution in [0.4, 0.5) is 0 Å². The number of nitrogens with zero attached hydrogens (tertiary/aromatic N) is 2. The van der Waals surface area contributed by atoms with Gasteiger partial charge in [-0.1, -0.05) is 6.92 Å². The van der Waals surface area contributed by atoms with Gasteiger partial charge >= 0.3 is 5.97 Å². The first-order chi connectivity index (χ1) is 8.04. The fourth-order valence-corrected chi connectivity index (χ4v) is 1.91. The van der Waals surface area contributed by atoms with Crippen LogP contribution >= 0.6 is 0 Å². The molecule has 6 heteroatoms. The number of nitrogens with one attached hydrogen (secondary N) is 1. The summed E-state index contributed by atoms with van der Waals surface area (Å²) in [7, 11) is 0. The molecule has 0 saturated carbocycles. The van der Waals surface area contributed by atoms with Crippen LogP contribution in [0.3, 0.4) is 0 Å². The fourth-order valence-electron chi connectivity index (χ4n) is 1.91. The van der Waals surface area contributed by atoms with Gasteiger partial charge in [0.1, 0.15) is 0 Å². The lowest BCUT2D eigenvalue weighted by Crippen LogP contribution is -2.09. The third kappa shape index (κ3) is 1.82. The van der Waals surface area contributed by atoms with E-state index in [1.54, 1.807) is 11.6 Å². The summed E-state index contributed by atoms with van der Waals surface area (Å²) in [5, 5.41) is 13.8. The van der Waals surface area contributed by atoms with Gasteiger partial charge in [-0.2, -0.15) is 5.10 Å². The molecule has 2 rings (SSSR count). The molecule has 90 valence electrons. The molecule has 0 atom stereocenters. The number of aromatic nitrogens is 3. The largest absolute Gasteiger partial charge is 0.478 e. The zero-order chi connectivity index (χ0) is 12.6. The molecule has 0 aliphatic heterocycles. The molecular weight excluding hydrogens is 222 g/mol. The van der Waals surface area contributed by atoms with Gasteiger partial charge < -0.3 is 10.1 Å². The van der Waals surface area contributed by atoms with E-state index in [1.165, 1.54) is 0 Å².